The number of sulfonamides is 1. The lowest BCUT2D eigenvalue weighted by molar-refractivity contribution is 0.0729. The van der Waals surface area contributed by atoms with Crippen molar-refractivity contribution in [3.05, 3.63) is 101 Å². The number of carbonyl (C=O) groups is 1. The van der Waals surface area contributed by atoms with E-state index in [4.69, 9.17) is 4.74 Å². The first-order valence-corrected chi connectivity index (χ1v) is 12.1. The number of aryl methyl sites for hydroxylation is 1. The van der Waals surface area contributed by atoms with Crippen molar-refractivity contribution in [2.45, 2.75) is 17.9 Å². The molecule has 4 rings (SSSR count). The van der Waals surface area contributed by atoms with Crippen LogP contribution in [0.4, 0.5) is 4.39 Å². The lowest BCUT2D eigenvalue weighted by Crippen LogP contribution is -2.41. The van der Waals surface area contributed by atoms with Crippen LogP contribution in [-0.4, -0.2) is 44.9 Å². The quantitative estimate of drug-likeness (QED) is 0.599. The van der Waals surface area contributed by atoms with Crippen molar-refractivity contribution in [3.63, 3.8) is 0 Å². The molecular formula is C25H25FN2O4S. The number of hydrogen-bond acceptors (Lipinski definition) is 4. The maximum atomic E-state index is 14.5. The molecule has 0 bridgehead atoms. The summed E-state index contributed by atoms with van der Waals surface area (Å²) in [6.07, 6.45) is 0. The third kappa shape index (κ3) is 5.13. The zero-order chi connectivity index (χ0) is 23.4. The Morgan fingerprint density at radius 3 is 2.27 bits per heavy atom. The summed E-state index contributed by atoms with van der Waals surface area (Å²) in [5.41, 5.74) is 2.91. The van der Waals surface area contributed by atoms with Gasteiger partial charge in [-0.2, -0.15) is 4.31 Å². The maximum absolute atomic E-state index is 14.5. The molecule has 3 aromatic rings. The lowest BCUT2D eigenvalue weighted by atomic mass is 9.97. The normalized spacial score (nSPS) is 15.7. The van der Waals surface area contributed by atoms with Crippen molar-refractivity contribution >= 4 is 15.9 Å². The zero-order valence-corrected chi connectivity index (χ0v) is 19.0. The number of halogens is 1. The van der Waals surface area contributed by atoms with Crippen LogP contribution >= 0.6 is 0 Å². The Balaban J connectivity index is 1.65. The van der Waals surface area contributed by atoms with E-state index in [-0.39, 0.29) is 31.9 Å². The van der Waals surface area contributed by atoms with Gasteiger partial charge in [0.05, 0.1) is 19.3 Å². The highest BCUT2D eigenvalue weighted by molar-refractivity contribution is 7.89. The first kappa shape index (κ1) is 23.1. The number of benzene rings is 3. The molecule has 1 unspecified atom stereocenters. The molecule has 1 atom stereocenters. The highest BCUT2D eigenvalue weighted by Gasteiger charge is 2.30. The van der Waals surface area contributed by atoms with Crippen molar-refractivity contribution in [2.75, 3.05) is 26.3 Å². The van der Waals surface area contributed by atoms with Crippen LogP contribution in [0, 0.1) is 12.7 Å². The van der Waals surface area contributed by atoms with Gasteiger partial charge in [0, 0.05) is 18.7 Å². The lowest BCUT2D eigenvalue weighted by Gasteiger charge is -2.26. The number of amides is 1. The molecule has 1 saturated heterocycles. The second kappa shape index (κ2) is 9.82. The van der Waals surface area contributed by atoms with Crippen LogP contribution in [0.3, 0.4) is 0 Å². The molecule has 8 heteroatoms. The van der Waals surface area contributed by atoms with Crippen LogP contribution in [0.15, 0.2) is 77.7 Å². The van der Waals surface area contributed by atoms with Gasteiger partial charge in [0.1, 0.15) is 10.7 Å². The fourth-order valence-corrected chi connectivity index (χ4v) is 5.24. The van der Waals surface area contributed by atoms with Gasteiger partial charge in [-0.25, -0.2) is 12.8 Å². The molecule has 0 aliphatic carbocycles. The van der Waals surface area contributed by atoms with E-state index < -0.39 is 32.7 Å². The monoisotopic (exact) mass is 468 g/mol. The Bertz CT molecular complexity index is 1230. The zero-order valence-electron chi connectivity index (χ0n) is 18.2. The predicted molar refractivity (Wildman–Crippen MR) is 123 cm³/mol. The largest absolute Gasteiger partial charge is 0.379 e. The van der Waals surface area contributed by atoms with Crippen LogP contribution in [-0.2, 0) is 14.8 Å². The molecule has 3 aromatic carbocycles. The fraction of sp³-hybridized carbons (Fsp3) is 0.240. The Kier molecular flexibility index (Phi) is 6.88. The molecule has 1 aliphatic heterocycles. The van der Waals surface area contributed by atoms with Crippen molar-refractivity contribution in [2.24, 2.45) is 0 Å². The van der Waals surface area contributed by atoms with Crippen molar-refractivity contribution in [1.29, 1.82) is 0 Å². The molecule has 1 amide bonds. The summed E-state index contributed by atoms with van der Waals surface area (Å²) >= 11 is 0. The highest BCUT2D eigenvalue weighted by atomic mass is 32.2. The average molecular weight is 469 g/mol. The summed E-state index contributed by atoms with van der Waals surface area (Å²) in [4.78, 5) is 12.7. The number of rotatable bonds is 6. The average Bonchev–Trinajstić information content (AvgIpc) is 2.84. The predicted octanol–water partition coefficient (Wildman–Crippen LogP) is 3.67. The van der Waals surface area contributed by atoms with E-state index in [1.54, 1.807) is 0 Å². The van der Waals surface area contributed by atoms with Crippen LogP contribution < -0.4 is 5.32 Å². The number of morpholine rings is 1. The fourth-order valence-electron chi connectivity index (χ4n) is 3.75. The molecule has 33 heavy (non-hydrogen) atoms. The van der Waals surface area contributed by atoms with Crippen LogP contribution in [0.2, 0.25) is 0 Å². The number of hydrogen-bond donors (Lipinski definition) is 1. The molecule has 0 aromatic heterocycles. The Labute approximate surface area is 193 Å². The summed E-state index contributed by atoms with van der Waals surface area (Å²) in [7, 11) is -4.09. The first-order chi connectivity index (χ1) is 15.9. The van der Waals surface area contributed by atoms with E-state index in [1.807, 2.05) is 61.5 Å². The van der Waals surface area contributed by atoms with Gasteiger partial charge in [-0.3, -0.25) is 4.79 Å². The minimum Gasteiger partial charge on any atom is -0.379 e. The van der Waals surface area contributed by atoms with Crippen LogP contribution in [0.1, 0.15) is 33.1 Å². The topological polar surface area (TPSA) is 75.7 Å². The molecule has 0 spiro atoms. The molecule has 172 valence electrons. The Hall–Kier alpha value is -3.07. The van der Waals surface area contributed by atoms with Gasteiger partial charge in [-0.15, -0.1) is 0 Å². The van der Waals surface area contributed by atoms with Gasteiger partial charge in [0.25, 0.3) is 5.91 Å². The summed E-state index contributed by atoms with van der Waals surface area (Å²) in [6, 6.07) is 20.2. The maximum Gasteiger partial charge on any atom is 0.252 e. The van der Waals surface area contributed by atoms with Crippen molar-refractivity contribution < 1.29 is 22.3 Å². The van der Waals surface area contributed by atoms with Crippen molar-refractivity contribution in [3.8, 4) is 0 Å². The molecule has 1 heterocycles. The molecule has 1 N–H and O–H groups in total. The third-order valence-corrected chi connectivity index (χ3v) is 7.51. The summed E-state index contributed by atoms with van der Waals surface area (Å²) in [5, 5.41) is 2.97. The summed E-state index contributed by atoms with van der Waals surface area (Å²) in [5.74, 6) is -1.39. The second-order valence-corrected chi connectivity index (χ2v) is 9.80. The number of nitrogens with one attached hydrogen (secondary N) is 1. The molecule has 6 nitrogen and oxygen atoms in total. The van der Waals surface area contributed by atoms with E-state index in [0.717, 1.165) is 28.8 Å². The number of nitrogens with zero attached hydrogens (tertiary/aromatic N) is 1. The molecule has 0 radical (unpaired) electrons. The number of carbonyl (C=O) groups excluding carboxylic acids is 1. The van der Waals surface area contributed by atoms with Gasteiger partial charge in [0.2, 0.25) is 10.0 Å². The Morgan fingerprint density at radius 2 is 1.61 bits per heavy atom. The van der Waals surface area contributed by atoms with E-state index in [1.165, 1.54) is 10.4 Å². The summed E-state index contributed by atoms with van der Waals surface area (Å²) in [6.45, 7) is 2.75. The van der Waals surface area contributed by atoms with Crippen LogP contribution in [0.5, 0.6) is 0 Å². The van der Waals surface area contributed by atoms with E-state index in [0.29, 0.717) is 0 Å². The smallest absolute Gasteiger partial charge is 0.252 e. The van der Waals surface area contributed by atoms with E-state index >= 15 is 0 Å². The SMILES string of the molecule is Cc1ccc(C(NC(=O)c2ccc(F)c(S(=O)(=O)N3CCOCC3)c2)c2ccccc2)cc1. The molecule has 1 fully saturated rings. The third-order valence-electron chi connectivity index (χ3n) is 5.60. The van der Waals surface area contributed by atoms with E-state index in [2.05, 4.69) is 5.32 Å². The minimum absolute atomic E-state index is 0.0660. The van der Waals surface area contributed by atoms with Crippen LogP contribution in [0.25, 0.3) is 0 Å². The molecule has 1 aliphatic rings. The van der Waals surface area contributed by atoms with Gasteiger partial charge in [-0.1, -0.05) is 60.2 Å². The van der Waals surface area contributed by atoms with Gasteiger partial charge >= 0.3 is 0 Å². The number of ether oxygens (including phenoxy) is 1. The summed E-state index contributed by atoms with van der Waals surface area (Å²) < 4.78 is 46.9. The first-order valence-electron chi connectivity index (χ1n) is 10.7. The molecule has 0 saturated carbocycles. The standard InChI is InChI=1S/C25H25FN2O4S/c1-18-7-9-20(10-8-18)24(19-5-3-2-4-6-19)27-25(29)21-11-12-22(26)23(17-21)33(30,31)28-13-15-32-16-14-28/h2-12,17,24H,13-16H2,1H3,(H,27,29). The highest BCUT2D eigenvalue weighted by Crippen LogP contribution is 2.25. The van der Waals surface area contributed by atoms with Gasteiger partial charge in [-0.05, 0) is 36.2 Å². The van der Waals surface area contributed by atoms with Gasteiger partial charge in [0.15, 0.2) is 0 Å². The second-order valence-electron chi connectivity index (χ2n) is 7.89. The minimum atomic E-state index is -4.09. The van der Waals surface area contributed by atoms with Crippen molar-refractivity contribution in [1.82, 2.24) is 9.62 Å². The van der Waals surface area contributed by atoms with Gasteiger partial charge < -0.3 is 10.1 Å². The molecular weight excluding hydrogens is 443 g/mol. The van der Waals surface area contributed by atoms with E-state index in [9.17, 15) is 17.6 Å². The Morgan fingerprint density at radius 1 is 0.970 bits per heavy atom.